The Balaban J connectivity index is 2.79. The largest absolute Gasteiger partial charge is 0.382 e. The minimum atomic E-state index is -1.32. The number of primary amides is 1. The molecular weight excluding hydrogens is 232 g/mol. The predicted octanol–water partition coefficient (Wildman–Crippen LogP) is 0.377. The van der Waals surface area contributed by atoms with E-state index in [1.165, 1.54) is 0 Å². The molecule has 5 heteroatoms. The van der Waals surface area contributed by atoms with Crippen LogP contribution in [0.5, 0.6) is 0 Å². The molecule has 5 nitrogen and oxygen atoms in total. The van der Waals surface area contributed by atoms with Crippen LogP contribution in [-0.4, -0.2) is 32.3 Å². The molecule has 0 saturated carbocycles. The molecule has 18 heavy (non-hydrogen) atoms. The average molecular weight is 252 g/mol. The first kappa shape index (κ1) is 14.6. The molecule has 0 saturated heterocycles. The number of amides is 1. The standard InChI is InChI=1S/C13H20N2O3/c1-10(8-17-2)18-9-13(15,12(14)16)11-6-4-3-5-7-11/h3-7,10H,8-9,15H2,1-2H3,(H2,14,16). The molecule has 2 atom stereocenters. The highest BCUT2D eigenvalue weighted by molar-refractivity contribution is 5.86. The summed E-state index contributed by atoms with van der Waals surface area (Å²) in [7, 11) is 1.58. The Kier molecular flexibility index (Phi) is 5.27. The lowest BCUT2D eigenvalue weighted by Crippen LogP contribution is -2.53. The summed E-state index contributed by atoms with van der Waals surface area (Å²) in [4.78, 5) is 11.6. The third-order valence-electron chi connectivity index (χ3n) is 2.73. The van der Waals surface area contributed by atoms with Crippen molar-refractivity contribution in [2.45, 2.75) is 18.6 Å². The van der Waals surface area contributed by atoms with E-state index in [9.17, 15) is 4.79 Å². The predicted molar refractivity (Wildman–Crippen MR) is 68.8 cm³/mol. The molecule has 1 aromatic carbocycles. The Morgan fingerprint density at radius 3 is 2.50 bits per heavy atom. The molecule has 0 aromatic heterocycles. The molecule has 4 N–H and O–H groups in total. The second-order valence-corrected chi connectivity index (χ2v) is 4.28. The summed E-state index contributed by atoms with van der Waals surface area (Å²) in [5.74, 6) is -0.613. The maximum atomic E-state index is 11.6. The second-order valence-electron chi connectivity index (χ2n) is 4.28. The normalized spacial score (nSPS) is 15.9. The van der Waals surface area contributed by atoms with Crippen LogP contribution in [0.25, 0.3) is 0 Å². The Morgan fingerprint density at radius 2 is 2.00 bits per heavy atom. The van der Waals surface area contributed by atoms with Crippen molar-refractivity contribution in [2.24, 2.45) is 11.5 Å². The van der Waals surface area contributed by atoms with Crippen LogP contribution in [0.4, 0.5) is 0 Å². The highest BCUT2D eigenvalue weighted by Gasteiger charge is 2.34. The molecule has 1 rings (SSSR count). The SMILES string of the molecule is COCC(C)OCC(N)(C(N)=O)c1ccccc1. The van der Waals surface area contributed by atoms with E-state index in [-0.39, 0.29) is 12.7 Å². The van der Waals surface area contributed by atoms with Crippen LogP contribution in [0.2, 0.25) is 0 Å². The molecule has 2 unspecified atom stereocenters. The monoisotopic (exact) mass is 252 g/mol. The van der Waals surface area contributed by atoms with Crippen molar-refractivity contribution in [3.8, 4) is 0 Å². The zero-order valence-corrected chi connectivity index (χ0v) is 10.8. The first-order valence-corrected chi connectivity index (χ1v) is 5.75. The highest BCUT2D eigenvalue weighted by Crippen LogP contribution is 2.18. The van der Waals surface area contributed by atoms with Gasteiger partial charge in [0.1, 0.15) is 5.54 Å². The third kappa shape index (κ3) is 3.53. The number of rotatable bonds is 7. The van der Waals surface area contributed by atoms with Gasteiger partial charge in [0, 0.05) is 7.11 Å². The molecule has 100 valence electrons. The number of benzene rings is 1. The number of methoxy groups -OCH3 is 1. The molecule has 1 amide bonds. The average Bonchev–Trinajstić information content (AvgIpc) is 2.37. The summed E-state index contributed by atoms with van der Waals surface area (Å²) in [5.41, 5.74) is 10.8. The lowest BCUT2D eigenvalue weighted by Gasteiger charge is -2.27. The van der Waals surface area contributed by atoms with Gasteiger partial charge in [-0.05, 0) is 12.5 Å². The molecule has 0 radical (unpaired) electrons. The fourth-order valence-electron chi connectivity index (χ4n) is 1.59. The van der Waals surface area contributed by atoms with Gasteiger partial charge in [-0.3, -0.25) is 4.79 Å². The van der Waals surface area contributed by atoms with Crippen LogP contribution < -0.4 is 11.5 Å². The summed E-state index contributed by atoms with van der Waals surface area (Å²) in [5, 5.41) is 0. The van der Waals surface area contributed by atoms with E-state index in [0.29, 0.717) is 12.2 Å². The van der Waals surface area contributed by atoms with Crippen LogP contribution in [0.1, 0.15) is 12.5 Å². The Bertz CT molecular complexity index is 383. The number of hydrogen-bond acceptors (Lipinski definition) is 4. The van der Waals surface area contributed by atoms with Crippen molar-refractivity contribution >= 4 is 5.91 Å². The molecule has 0 fully saturated rings. The lowest BCUT2D eigenvalue weighted by molar-refractivity contribution is -0.127. The fraction of sp³-hybridized carbons (Fsp3) is 0.462. The molecule has 0 heterocycles. The van der Waals surface area contributed by atoms with E-state index in [1.54, 1.807) is 31.4 Å². The zero-order valence-electron chi connectivity index (χ0n) is 10.8. The van der Waals surface area contributed by atoms with Gasteiger partial charge in [-0.2, -0.15) is 0 Å². The minimum Gasteiger partial charge on any atom is -0.382 e. The van der Waals surface area contributed by atoms with Crippen molar-refractivity contribution in [3.63, 3.8) is 0 Å². The topological polar surface area (TPSA) is 87.6 Å². The molecule has 0 bridgehead atoms. The molecule has 0 aliphatic heterocycles. The Morgan fingerprint density at radius 1 is 1.39 bits per heavy atom. The van der Waals surface area contributed by atoms with Crippen molar-refractivity contribution in [3.05, 3.63) is 35.9 Å². The summed E-state index contributed by atoms with van der Waals surface area (Å²) in [6.07, 6.45) is -0.152. The first-order chi connectivity index (χ1) is 8.50. The number of ether oxygens (including phenoxy) is 2. The maximum absolute atomic E-state index is 11.6. The van der Waals surface area contributed by atoms with Gasteiger partial charge in [0.2, 0.25) is 5.91 Å². The molecule has 1 aromatic rings. The number of carbonyl (C=O) groups is 1. The maximum Gasteiger partial charge on any atom is 0.244 e. The zero-order chi connectivity index (χ0) is 13.6. The first-order valence-electron chi connectivity index (χ1n) is 5.75. The Hall–Kier alpha value is -1.43. The van der Waals surface area contributed by atoms with Crippen LogP contribution in [-0.2, 0) is 19.8 Å². The molecular formula is C13H20N2O3. The van der Waals surface area contributed by atoms with Crippen LogP contribution in [0.15, 0.2) is 30.3 Å². The minimum absolute atomic E-state index is 0.0247. The van der Waals surface area contributed by atoms with Gasteiger partial charge in [-0.15, -0.1) is 0 Å². The van der Waals surface area contributed by atoms with E-state index < -0.39 is 11.4 Å². The number of nitrogens with two attached hydrogens (primary N) is 2. The van der Waals surface area contributed by atoms with Gasteiger partial charge in [-0.25, -0.2) is 0 Å². The summed E-state index contributed by atoms with van der Waals surface area (Å²) >= 11 is 0. The lowest BCUT2D eigenvalue weighted by atomic mass is 9.91. The summed E-state index contributed by atoms with van der Waals surface area (Å²) in [6.45, 7) is 2.30. The van der Waals surface area contributed by atoms with Crippen molar-refractivity contribution in [1.29, 1.82) is 0 Å². The van der Waals surface area contributed by atoms with Gasteiger partial charge in [0.25, 0.3) is 0 Å². The quantitative estimate of drug-likeness (QED) is 0.734. The van der Waals surface area contributed by atoms with Crippen LogP contribution in [0.3, 0.4) is 0 Å². The van der Waals surface area contributed by atoms with Crippen molar-refractivity contribution in [2.75, 3.05) is 20.3 Å². The van der Waals surface area contributed by atoms with E-state index in [1.807, 2.05) is 13.0 Å². The van der Waals surface area contributed by atoms with E-state index >= 15 is 0 Å². The smallest absolute Gasteiger partial charge is 0.244 e. The summed E-state index contributed by atoms with van der Waals surface area (Å²) in [6, 6.07) is 8.97. The highest BCUT2D eigenvalue weighted by atomic mass is 16.5. The van der Waals surface area contributed by atoms with E-state index in [0.717, 1.165) is 0 Å². The number of hydrogen-bond donors (Lipinski definition) is 2. The van der Waals surface area contributed by atoms with Gasteiger partial charge >= 0.3 is 0 Å². The van der Waals surface area contributed by atoms with Gasteiger partial charge < -0.3 is 20.9 Å². The summed E-state index contributed by atoms with van der Waals surface area (Å²) < 4.78 is 10.5. The molecule has 0 spiro atoms. The van der Waals surface area contributed by atoms with Crippen LogP contribution >= 0.6 is 0 Å². The molecule has 0 aliphatic carbocycles. The fourth-order valence-corrected chi connectivity index (χ4v) is 1.59. The third-order valence-corrected chi connectivity index (χ3v) is 2.73. The second kappa shape index (κ2) is 6.49. The van der Waals surface area contributed by atoms with Crippen LogP contribution in [0, 0.1) is 0 Å². The van der Waals surface area contributed by atoms with E-state index in [2.05, 4.69) is 0 Å². The number of carbonyl (C=O) groups excluding carboxylic acids is 1. The van der Waals surface area contributed by atoms with Crippen molar-refractivity contribution in [1.82, 2.24) is 0 Å². The van der Waals surface area contributed by atoms with Gasteiger partial charge in [-0.1, -0.05) is 30.3 Å². The Labute approximate surface area is 107 Å². The van der Waals surface area contributed by atoms with Gasteiger partial charge in [0.15, 0.2) is 0 Å². The van der Waals surface area contributed by atoms with Gasteiger partial charge in [0.05, 0.1) is 19.3 Å². The van der Waals surface area contributed by atoms with Crippen molar-refractivity contribution < 1.29 is 14.3 Å². The van der Waals surface area contributed by atoms with E-state index in [4.69, 9.17) is 20.9 Å². The molecule has 0 aliphatic rings.